The van der Waals surface area contributed by atoms with Crippen molar-refractivity contribution in [1.82, 2.24) is 25.3 Å². The van der Waals surface area contributed by atoms with Crippen molar-refractivity contribution in [2.75, 3.05) is 33.4 Å². The predicted molar refractivity (Wildman–Crippen MR) is 126 cm³/mol. The Hall–Kier alpha value is -4.17. The van der Waals surface area contributed by atoms with Crippen molar-refractivity contribution in [2.45, 2.75) is 55.4 Å². The van der Waals surface area contributed by atoms with Crippen LogP contribution in [0.1, 0.15) is 26.2 Å². The minimum Gasteiger partial charge on any atom is -0.480 e. The normalized spacial score (nSPS) is 37.0. The average Bonchev–Trinajstić information content (AvgIpc) is 3.58. The van der Waals surface area contributed by atoms with E-state index in [4.69, 9.17) is 9.47 Å². The molecule has 5 heterocycles. The molecule has 6 atom stereocenters. The van der Waals surface area contributed by atoms with Gasteiger partial charge in [-0.1, -0.05) is 12.7 Å². The molecule has 15 nitrogen and oxygen atoms in total. The largest absolute Gasteiger partial charge is 0.480 e. The molecule has 1 unspecified atom stereocenters. The fourth-order valence-corrected chi connectivity index (χ4v) is 6.60. The number of fused-ring (bicyclic) bond motifs is 2. The quantitative estimate of drug-likeness (QED) is 0.252. The Labute approximate surface area is 222 Å². The first-order valence-corrected chi connectivity index (χ1v) is 12.4. The number of amides is 5. The number of carbonyl (C=O) groups is 7. The van der Waals surface area contributed by atoms with Crippen LogP contribution in [-0.2, 0) is 38.2 Å². The van der Waals surface area contributed by atoms with Crippen LogP contribution in [0.15, 0.2) is 12.7 Å². The van der Waals surface area contributed by atoms with Crippen LogP contribution < -0.4 is 10.6 Å². The summed E-state index contributed by atoms with van der Waals surface area (Å²) in [6, 6.07) is -3.46. The molecule has 5 aliphatic rings. The zero-order chi connectivity index (χ0) is 28.5. The lowest BCUT2D eigenvalue weighted by Gasteiger charge is -2.42. The van der Waals surface area contributed by atoms with Crippen molar-refractivity contribution in [3.8, 4) is 0 Å². The third kappa shape index (κ3) is 3.73. The third-order valence-corrected chi connectivity index (χ3v) is 8.45. The number of hydrogen-bond acceptors (Lipinski definition) is 9. The van der Waals surface area contributed by atoms with Gasteiger partial charge in [0.05, 0.1) is 25.6 Å². The second kappa shape index (κ2) is 8.68. The molecule has 0 aromatic heterocycles. The van der Waals surface area contributed by atoms with E-state index in [0.717, 1.165) is 4.90 Å². The maximum atomic E-state index is 13.8. The molecule has 0 aromatic carbocycles. The van der Waals surface area contributed by atoms with Crippen LogP contribution in [0.2, 0.25) is 0 Å². The van der Waals surface area contributed by atoms with Gasteiger partial charge in [0.1, 0.15) is 35.8 Å². The third-order valence-electron chi connectivity index (χ3n) is 8.45. The molecule has 5 rings (SSSR count). The molecule has 0 aromatic rings. The molecule has 0 bridgehead atoms. The summed E-state index contributed by atoms with van der Waals surface area (Å²) in [5.74, 6) is -4.27. The molecule has 5 aliphatic heterocycles. The van der Waals surface area contributed by atoms with Crippen molar-refractivity contribution < 1.29 is 48.1 Å². The molecule has 15 heteroatoms. The number of aliphatic carboxylic acids is 1. The lowest BCUT2D eigenvalue weighted by molar-refractivity contribution is -0.154. The van der Waals surface area contributed by atoms with E-state index in [2.05, 4.69) is 17.2 Å². The smallest absolute Gasteiger partial charge is 0.410 e. The van der Waals surface area contributed by atoms with E-state index in [-0.39, 0.29) is 32.5 Å². The van der Waals surface area contributed by atoms with Crippen LogP contribution in [0.5, 0.6) is 0 Å². The zero-order valence-electron chi connectivity index (χ0n) is 21.4. The highest BCUT2D eigenvalue weighted by Crippen LogP contribution is 2.44. The van der Waals surface area contributed by atoms with E-state index in [1.807, 2.05) is 0 Å². The lowest BCUT2D eigenvalue weighted by atomic mass is 9.87. The predicted octanol–water partition coefficient (Wildman–Crippen LogP) is -2.41. The Balaban J connectivity index is 1.41. The van der Waals surface area contributed by atoms with Crippen molar-refractivity contribution >= 4 is 41.7 Å². The van der Waals surface area contributed by atoms with Crippen LogP contribution in [0.3, 0.4) is 0 Å². The number of methoxy groups -OCH3 is 1. The summed E-state index contributed by atoms with van der Waals surface area (Å²) in [4.78, 5) is 94.2. The van der Waals surface area contributed by atoms with Crippen LogP contribution in [0.4, 0.5) is 4.79 Å². The maximum absolute atomic E-state index is 13.8. The molecular formula is C24H29N5O10. The van der Waals surface area contributed by atoms with Crippen LogP contribution in [-0.4, -0.2) is 124 Å². The van der Waals surface area contributed by atoms with E-state index in [0.29, 0.717) is 0 Å². The molecule has 5 saturated heterocycles. The minimum absolute atomic E-state index is 0.0604. The molecule has 210 valence electrons. The zero-order valence-corrected chi connectivity index (χ0v) is 21.4. The van der Waals surface area contributed by atoms with Gasteiger partial charge < -0.3 is 35.0 Å². The molecule has 39 heavy (non-hydrogen) atoms. The summed E-state index contributed by atoms with van der Waals surface area (Å²) in [6.07, 6.45) is -0.216. The van der Waals surface area contributed by atoms with Gasteiger partial charge in [0.15, 0.2) is 0 Å². The van der Waals surface area contributed by atoms with Gasteiger partial charge >= 0.3 is 18.0 Å². The monoisotopic (exact) mass is 547 g/mol. The number of nitrogens with zero attached hydrogens (tertiary/aromatic N) is 3. The molecule has 3 N–H and O–H groups in total. The topological polar surface area (TPSA) is 192 Å². The molecule has 5 fully saturated rings. The maximum Gasteiger partial charge on any atom is 0.410 e. The van der Waals surface area contributed by atoms with E-state index in [1.165, 1.54) is 23.0 Å². The van der Waals surface area contributed by atoms with Gasteiger partial charge in [-0.3, -0.25) is 28.9 Å². The Kier molecular flexibility index (Phi) is 5.88. The fraction of sp³-hybridized carbons (Fsp3) is 0.625. The van der Waals surface area contributed by atoms with Gasteiger partial charge in [0.25, 0.3) is 11.8 Å². The SMILES string of the molecule is C=CCOC(=O)N1C[C@]2(C[C@H]1C(=O)O)NC(=O)[C@@H]1C[C@@]3(CN1C2=O)NC(=O)C1C[C@@](C)(C(=O)OC)CN1C3=O. The second-order valence-electron chi connectivity index (χ2n) is 11.1. The van der Waals surface area contributed by atoms with E-state index < -0.39 is 89.2 Å². The second-order valence-corrected chi connectivity index (χ2v) is 11.1. The summed E-state index contributed by atoms with van der Waals surface area (Å²) >= 11 is 0. The number of ether oxygens (including phenoxy) is 2. The Morgan fingerprint density at radius 2 is 1.54 bits per heavy atom. The average molecular weight is 548 g/mol. The molecule has 0 saturated carbocycles. The van der Waals surface area contributed by atoms with Crippen molar-refractivity contribution in [1.29, 1.82) is 0 Å². The molecule has 0 radical (unpaired) electrons. The summed E-state index contributed by atoms with van der Waals surface area (Å²) in [7, 11) is 1.22. The first-order valence-electron chi connectivity index (χ1n) is 12.4. The number of nitrogens with one attached hydrogen (secondary N) is 2. The molecular weight excluding hydrogens is 518 g/mol. The van der Waals surface area contributed by atoms with Gasteiger partial charge in [-0.05, 0) is 13.3 Å². The molecule has 0 aliphatic carbocycles. The summed E-state index contributed by atoms with van der Waals surface area (Å²) in [5.41, 5.74) is -4.46. The molecule has 5 amide bonds. The Bertz CT molecular complexity index is 1220. The first-order chi connectivity index (χ1) is 18.3. The van der Waals surface area contributed by atoms with E-state index in [1.54, 1.807) is 6.92 Å². The highest BCUT2D eigenvalue weighted by molar-refractivity contribution is 6.07. The minimum atomic E-state index is -1.75. The fourth-order valence-electron chi connectivity index (χ4n) is 6.60. The summed E-state index contributed by atoms with van der Waals surface area (Å²) in [6.45, 7) is 4.02. The standard InChI is InChI=1S/C24H29N5O10/c1-4-5-39-21(37)29-11-24(8-14(29)17(32)33)19(35)28-10-23(7-13(28)16(31)26-24)18(34)27-9-22(2,20(36)38-3)6-12(27)15(30)25-23/h4,12-14H,1,5-11H2,2-3H3,(H,25,30)(H,26,31)(H,32,33)/t12?,13-,14-,22+,23-,24-/m0/s1. The highest BCUT2D eigenvalue weighted by atomic mass is 16.6. The number of carboxylic acid groups (broad SMARTS) is 1. The van der Waals surface area contributed by atoms with Gasteiger partial charge in [0.2, 0.25) is 11.8 Å². The number of hydrogen-bond donors (Lipinski definition) is 3. The van der Waals surface area contributed by atoms with Crippen LogP contribution in [0, 0.1) is 5.41 Å². The number of carboxylic acids is 1. The van der Waals surface area contributed by atoms with Crippen molar-refractivity contribution in [3.63, 3.8) is 0 Å². The number of piperazine rings is 2. The van der Waals surface area contributed by atoms with Crippen molar-refractivity contribution in [3.05, 3.63) is 12.7 Å². The van der Waals surface area contributed by atoms with Gasteiger partial charge in [-0.2, -0.15) is 0 Å². The lowest BCUT2D eigenvalue weighted by Crippen LogP contribution is -2.71. The number of esters is 1. The molecule has 2 spiro atoms. The summed E-state index contributed by atoms with van der Waals surface area (Å²) in [5, 5.41) is 15.0. The number of rotatable bonds is 4. The Morgan fingerprint density at radius 3 is 2.10 bits per heavy atom. The Morgan fingerprint density at radius 1 is 0.974 bits per heavy atom. The van der Waals surface area contributed by atoms with Crippen molar-refractivity contribution in [2.24, 2.45) is 5.41 Å². The van der Waals surface area contributed by atoms with Crippen LogP contribution in [0.25, 0.3) is 0 Å². The van der Waals surface area contributed by atoms with Crippen LogP contribution >= 0.6 is 0 Å². The van der Waals surface area contributed by atoms with E-state index >= 15 is 0 Å². The highest BCUT2D eigenvalue weighted by Gasteiger charge is 2.67. The number of carbonyl (C=O) groups excluding carboxylic acids is 6. The van der Waals surface area contributed by atoms with Gasteiger partial charge in [-0.25, -0.2) is 9.59 Å². The number of likely N-dealkylation sites (tertiary alicyclic amines) is 1. The van der Waals surface area contributed by atoms with Gasteiger partial charge in [0, 0.05) is 19.4 Å². The summed E-state index contributed by atoms with van der Waals surface area (Å²) < 4.78 is 9.84. The van der Waals surface area contributed by atoms with E-state index in [9.17, 15) is 38.7 Å². The first kappa shape index (κ1) is 26.4. The van der Waals surface area contributed by atoms with Gasteiger partial charge in [-0.15, -0.1) is 0 Å².